The monoisotopic (exact) mass is 403 g/mol. The molecule has 1 aliphatic heterocycles. The van der Waals surface area contributed by atoms with Crippen molar-refractivity contribution in [2.24, 2.45) is 0 Å². The van der Waals surface area contributed by atoms with Gasteiger partial charge in [0, 0.05) is 5.69 Å². The van der Waals surface area contributed by atoms with Gasteiger partial charge in [-0.15, -0.1) is 0 Å². The summed E-state index contributed by atoms with van der Waals surface area (Å²) in [4.78, 5) is 26.0. The van der Waals surface area contributed by atoms with Gasteiger partial charge < -0.3 is 15.2 Å². The number of carbonyl (C=O) groups is 2. The fourth-order valence-corrected chi connectivity index (χ4v) is 3.23. The van der Waals surface area contributed by atoms with Crippen LogP contribution in [0.2, 0.25) is 0 Å². The Labute approximate surface area is 173 Å². The third-order valence-electron chi connectivity index (χ3n) is 4.79. The minimum atomic E-state index is -0.821. The molecule has 0 saturated heterocycles. The lowest BCUT2D eigenvalue weighted by Crippen LogP contribution is -2.55. The fourth-order valence-electron chi connectivity index (χ4n) is 3.23. The number of nitrogens with zero attached hydrogens (tertiary/aromatic N) is 1. The van der Waals surface area contributed by atoms with Gasteiger partial charge in [-0.05, 0) is 48.9 Å². The van der Waals surface area contributed by atoms with E-state index in [4.69, 9.17) is 4.74 Å². The number of phenols is 1. The van der Waals surface area contributed by atoms with Crippen LogP contribution in [0.5, 0.6) is 11.5 Å². The molecule has 1 aliphatic rings. The third kappa shape index (κ3) is 3.91. The molecule has 0 fully saturated rings. The van der Waals surface area contributed by atoms with Crippen molar-refractivity contribution in [3.05, 3.63) is 90.0 Å². The quantitative estimate of drug-likeness (QED) is 0.607. The van der Waals surface area contributed by atoms with E-state index in [0.29, 0.717) is 22.6 Å². The molecule has 1 heterocycles. The summed E-state index contributed by atoms with van der Waals surface area (Å²) < 4.78 is 5.68. The molecule has 3 aromatic carbocycles. The number of hydrogen-bond acceptors (Lipinski definition) is 5. The molecule has 0 aliphatic carbocycles. The average Bonchev–Trinajstić information content (AvgIpc) is 2.77. The number of hydrogen-bond donors (Lipinski definition) is 3. The second-order valence-electron chi connectivity index (χ2n) is 6.91. The van der Waals surface area contributed by atoms with Crippen LogP contribution in [0.3, 0.4) is 0 Å². The highest BCUT2D eigenvalue weighted by Crippen LogP contribution is 2.32. The van der Waals surface area contributed by atoms with Crippen molar-refractivity contribution in [1.29, 1.82) is 0 Å². The summed E-state index contributed by atoms with van der Waals surface area (Å²) in [5, 5.41) is 14.1. The number of ether oxygens (including phenoxy) is 1. The lowest BCUT2D eigenvalue weighted by Gasteiger charge is -2.38. The van der Waals surface area contributed by atoms with E-state index in [1.54, 1.807) is 49.4 Å². The van der Waals surface area contributed by atoms with Gasteiger partial charge in [-0.1, -0.05) is 42.5 Å². The predicted octanol–water partition coefficient (Wildman–Crippen LogP) is 3.46. The highest BCUT2D eigenvalue weighted by atomic mass is 16.5. The SMILES string of the molecule is CC(Oc1ccccc1)C(=O)NN1C(=O)c2ccccc2NC1c1ccc(O)cc1. The molecule has 3 N–H and O–H groups in total. The summed E-state index contributed by atoms with van der Waals surface area (Å²) in [6.07, 6.45) is -1.47. The van der Waals surface area contributed by atoms with E-state index >= 15 is 0 Å². The maximum Gasteiger partial charge on any atom is 0.279 e. The predicted molar refractivity (Wildman–Crippen MR) is 112 cm³/mol. The van der Waals surface area contributed by atoms with Gasteiger partial charge in [-0.25, -0.2) is 5.01 Å². The first-order valence-electron chi connectivity index (χ1n) is 9.53. The highest BCUT2D eigenvalue weighted by Gasteiger charge is 2.35. The van der Waals surface area contributed by atoms with Crippen molar-refractivity contribution >= 4 is 17.5 Å². The van der Waals surface area contributed by atoms with Crippen molar-refractivity contribution in [2.75, 3.05) is 5.32 Å². The molecule has 2 amide bonds. The van der Waals surface area contributed by atoms with Crippen LogP contribution < -0.4 is 15.5 Å². The Morgan fingerprint density at radius 2 is 1.70 bits per heavy atom. The summed E-state index contributed by atoms with van der Waals surface area (Å²) >= 11 is 0. The number of phenolic OH excluding ortho intramolecular Hbond substituents is 1. The number of carbonyl (C=O) groups excluding carboxylic acids is 2. The maximum absolute atomic E-state index is 13.2. The molecule has 7 nitrogen and oxygen atoms in total. The molecule has 152 valence electrons. The molecular formula is C23H21N3O4. The Morgan fingerprint density at radius 3 is 2.43 bits per heavy atom. The summed E-state index contributed by atoms with van der Waals surface area (Å²) in [5.41, 5.74) is 4.50. The highest BCUT2D eigenvalue weighted by molar-refractivity contribution is 6.02. The molecule has 3 aromatic rings. The summed E-state index contributed by atoms with van der Waals surface area (Å²) in [6, 6.07) is 22.5. The number of anilines is 1. The number of amides is 2. The van der Waals surface area contributed by atoms with E-state index in [1.807, 2.05) is 24.3 Å². The van der Waals surface area contributed by atoms with Crippen LogP contribution in [0.15, 0.2) is 78.9 Å². The fraction of sp³-hybridized carbons (Fsp3) is 0.130. The first-order valence-corrected chi connectivity index (χ1v) is 9.53. The molecule has 2 atom stereocenters. The van der Waals surface area contributed by atoms with Crippen LogP contribution in [0.1, 0.15) is 29.0 Å². The largest absolute Gasteiger partial charge is 0.508 e. The van der Waals surface area contributed by atoms with E-state index in [0.717, 1.165) is 0 Å². The molecule has 0 radical (unpaired) electrons. The van der Waals surface area contributed by atoms with Crippen LogP contribution in [0, 0.1) is 0 Å². The van der Waals surface area contributed by atoms with E-state index in [1.165, 1.54) is 17.1 Å². The van der Waals surface area contributed by atoms with Gasteiger partial charge in [-0.3, -0.25) is 15.0 Å². The van der Waals surface area contributed by atoms with Gasteiger partial charge in [0.25, 0.3) is 11.8 Å². The minimum absolute atomic E-state index is 0.113. The zero-order valence-electron chi connectivity index (χ0n) is 16.3. The van der Waals surface area contributed by atoms with Gasteiger partial charge in [0.15, 0.2) is 6.10 Å². The van der Waals surface area contributed by atoms with Gasteiger partial charge in [-0.2, -0.15) is 0 Å². The molecular weight excluding hydrogens is 382 g/mol. The standard InChI is InChI=1S/C23H21N3O4/c1-15(30-18-7-3-2-4-8-18)22(28)25-26-21(16-11-13-17(27)14-12-16)24-20-10-6-5-9-19(20)23(26)29/h2-15,21,24,27H,1H3,(H,25,28). The van der Waals surface area contributed by atoms with Gasteiger partial charge in [0.05, 0.1) is 5.56 Å². The first kappa shape index (κ1) is 19.3. The number of hydrazine groups is 1. The van der Waals surface area contributed by atoms with Crippen molar-refractivity contribution in [3.63, 3.8) is 0 Å². The molecule has 4 rings (SSSR count). The van der Waals surface area contributed by atoms with E-state index in [-0.39, 0.29) is 11.7 Å². The Bertz CT molecular complexity index is 1050. The molecule has 0 bridgehead atoms. The first-order chi connectivity index (χ1) is 14.5. The number of fused-ring (bicyclic) bond motifs is 1. The average molecular weight is 403 g/mol. The van der Waals surface area contributed by atoms with Gasteiger partial charge in [0.2, 0.25) is 0 Å². The number of benzene rings is 3. The number of rotatable bonds is 5. The number of aromatic hydroxyl groups is 1. The van der Waals surface area contributed by atoms with E-state index in [2.05, 4.69) is 10.7 Å². The summed E-state index contributed by atoms with van der Waals surface area (Å²) in [6.45, 7) is 1.62. The molecule has 7 heteroatoms. The van der Waals surface area contributed by atoms with Crippen LogP contribution in [0.25, 0.3) is 0 Å². The van der Waals surface area contributed by atoms with Crippen molar-refractivity contribution in [1.82, 2.24) is 10.4 Å². The molecule has 0 spiro atoms. The zero-order valence-corrected chi connectivity index (χ0v) is 16.3. The lowest BCUT2D eigenvalue weighted by atomic mass is 10.0. The Morgan fingerprint density at radius 1 is 1.03 bits per heavy atom. The Hall–Kier alpha value is -4.00. The number of para-hydroxylation sites is 2. The maximum atomic E-state index is 13.2. The second-order valence-corrected chi connectivity index (χ2v) is 6.91. The second kappa shape index (κ2) is 8.16. The van der Waals surface area contributed by atoms with Gasteiger partial charge >= 0.3 is 0 Å². The molecule has 0 saturated carbocycles. The normalized spacial score (nSPS) is 16.2. The molecule has 0 aromatic heterocycles. The van der Waals surface area contributed by atoms with Crippen LogP contribution in [0.4, 0.5) is 5.69 Å². The van der Waals surface area contributed by atoms with Crippen LogP contribution >= 0.6 is 0 Å². The smallest absolute Gasteiger partial charge is 0.279 e. The topological polar surface area (TPSA) is 90.9 Å². The van der Waals surface area contributed by atoms with E-state index < -0.39 is 18.2 Å². The van der Waals surface area contributed by atoms with E-state index in [9.17, 15) is 14.7 Å². The summed E-state index contributed by atoms with van der Waals surface area (Å²) in [5.74, 6) is -0.134. The van der Waals surface area contributed by atoms with Crippen molar-refractivity contribution in [3.8, 4) is 11.5 Å². The Kier molecular flexibility index (Phi) is 5.26. The van der Waals surface area contributed by atoms with Crippen molar-refractivity contribution < 1.29 is 19.4 Å². The van der Waals surface area contributed by atoms with Gasteiger partial charge in [0.1, 0.15) is 17.7 Å². The zero-order chi connectivity index (χ0) is 21.1. The third-order valence-corrected chi connectivity index (χ3v) is 4.79. The van der Waals surface area contributed by atoms with Crippen LogP contribution in [-0.4, -0.2) is 28.0 Å². The minimum Gasteiger partial charge on any atom is -0.508 e. The van der Waals surface area contributed by atoms with Crippen molar-refractivity contribution in [2.45, 2.75) is 19.2 Å². The number of nitrogens with one attached hydrogen (secondary N) is 2. The lowest BCUT2D eigenvalue weighted by molar-refractivity contribution is -0.132. The molecule has 2 unspecified atom stereocenters. The molecule has 30 heavy (non-hydrogen) atoms. The Balaban J connectivity index is 1.60. The summed E-state index contributed by atoms with van der Waals surface area (Å²) in [7, 11) is 0. The van der Waals surface area contributed by atoms with Crippen LogP contribution in [-0.2, 0) is 4.79 Å².